The Morgan fingerprint density at radius 2 is 1.94 bits per heavy atom. The fourth-order valence-corrected chi connectivity index (χ4v) is 1.90. The van der Waals surface area contributed by atoms with E-state index in [1.165, 1.54) is 0 Å². The number of hydrogen-bond acceptors (Lipinski definition) is 3. The minimum absolute atomic E-state index is 0.227. The maximum atomic E-state index is 6.19. The predicted octanol–water partition coefficient (Wildman–Crippen LogP) is 2.95. The molecule has 0 radical (unpaired) electrons. The summed E-state index contributed by atoms with van der Waals surface area (Å²) in [5.74, 6) is 2.51. The Balaban J connectivity index is 2.34. The maximum absolute atomic E-state index is 6.19. The molecule has 0 bridgehead atoms. The third-order valence-corrected chi connectivity index (χ3v) is 2.88. The third kappa shape index (κ3) is 2.34. The molecule has 1 aromatic heterocycles. The van der Waals surface area contributed by atoms with E-state index >= 15 is 0 Å². The zero-order chi connectivity index (χ0) is 12.4. The van der Waals surface area contributed by atoms with Gasteiger partial charge in [0.25, 0.3) is 0 Å². The molecule has 17 heavy (non-hydrogen) atoms. The Morgan fingerprint density at radius 3 is 2.47 bits per heavy atom. The van der Waals surface area contributed by atoms with E-state index in [2.05, 4.69) is 0 Å². The number of methoxy groups -OCH3 is 1. The fourth-order valence-electron chi connectivity index (χ4n) is 1.90. The van der Waals surface area contributed by atoms with Gasteiger partial charge in [0, 0.05) is 0 Å². The van der Waals surface area contributed by atoms with E-state index in [-0.39, 0.29) is 6.04 Å². The monoisotopic (exact) mass is 231 g/mol. The Morgan fingerprint density at radius 1 is 1.18 bits per heavy atom. The van der Waals surface area contributed by atoms with Crippen molar-refractivity contribution in [1.29, 1.82) is 0 Å². The first kappa shape index (κ1) is 11.7. The fraction of sp³-hybridized carbons (Fsp3) is 0.286. The Kier molecular flexibility index (Phi) is 3.20. The van der Waals surface area contributed by atoms with E-state index in [4.69, 9.17) is 14.9 Å². The average Bonchev–Trinajstić information content (AvgIpc) is 2.75. The lowest BCUT2D eigenvalue weighted by molar-refractivity contribution is 0.414. The SMILES string of the molecule is COc1ccc(C(N)c2ccc(C)o2)c(C)c1. The number of aryl methyl sites for hydroxylation is 2. The molecule has 0 saturated carbocycles. The van der Waals surface area contributed by atoms with Crippen LogP contribution in [0.4, 0.5) is 0 Å². The smallest absolute Gasteiger partial charge is 0.125 e. The van der Waals surface area contributed by atoms with Gasteiger partial charge in [0.1, 0.15) is 17.3 Å². The van der Waals surface area contributed by atoms with Gasteiger partial charge < -0.3 is 14.9 Å². The first-order valence-corrected chi connectivity index (χ1v) is 5.58. The molecule has 0 amide bonds. The second kappa shape index (κ2) is 4.63. The molecule has 1 unspecified atom stereocenters. The van der Waals surface area contributed by atoms with Crippen LogP contribution in [-0.2, 0) is 0 Å². The minimum atomic E-state index is -0.227. The topological polar surface area (TPSA) is 48.4 Å². The molecule has 0 saturated heterocycles. The van der Waals surface area contributed by atoms with Crippen LogP contribution in [0.15, 0.2) is 34.7 Å². The summed E-state index contributed by atoms with van der Waals surface area (Å²) in [4.78, 5) is 0. The zero-order valence-corrected chi connectivity index (χ0v) is 10.4. The van der Waals surface area contributed by atoms with Gasteiger partial charge in [-0.15, -0.1) is 0 Å². The standard InChI is InChI=1S/C14H17NO2/c1-9-8-11(16-3)5-6-12(9)14(15)13-7-4-10(2)17-13/h4-8,14H,15H2,1-3H3. The summed E-state index contributed by atoms with van der Waals surface area (Å²) < 4.78 is 10.7. The first-order chi connectivity index (χ1) is 8.11. The molecule has 1 aromatic carbocycles. The van der Waals surface area contributed by atoms with E-state index < -0.39 is 0 Å². The molecular formula is C14H17NO2. The third-order valence-electron chi connectivity index (χ3n) is 2.88. The summed E-state index contributed by atoms with van der Waals surface area (Å²) in [5.41, 5.74) is 8.35. The van der Waals surface area contributed by atoms with Crippen LogP contribution < -0.4 is 10.5 Å². The molecule has 2 rings (SSSR count). The van der Waals surface area contributed by atoms with Crippen molar-refractivity contribution in [3.8, 4) is 5.75 Å². The minimum Gasteiger partial charge on any atom is -0.497 e. The van der Waals surface area contributed by atoms with Gasteiger partial charge in [-0.05, 0) is 49.2 Å². The average molecular weight is 231 g/mol. The van der Waals surface area contributed by atoms with Gasteiger partial charge in [-0.25, -0.2) is 0 Å². The van der Waals surface area contributed by atoms with Gasteiger partial charge in [0.05, 0.1) is 13.2 Å². The second-order valence-electron chi connectivity index (χ2n) is 4.15. The lowest BCUT2D eigenvalue weighted by Crippen LogP contribution is -2.12. The number of ether oxygens (including phenoxy) is 1. The first-order valence-electron chi connectivity index (χ1n) is 5.58. The molecule has 3 heteroatoms. The predicted molar refractivity (Wildman–Crippen MR) is 67.2 cm³/mol. The van der Waals surface area contributed by atoms with Crippen molar-refractivity contribution < 1.29 is 9.15 Å². The van der Waals surface area contributed by atoms with E-state index in [0.29, 0.717) is 0 Å². The Hall–Kier alpha value is -1.74. The number of nitrogens with two attached hydrogens (primary N) is 1. The molecule has 3 nitrogen and oxygen atoms in total. The van der Waals surface area contributed by atoms with Crippen molar-refractivity contribution in [3.63, 3.8) is 0 Å². The summed E-state index contributed by atoms with van der Waals surface area (Å²) in [6.45, 7) is 3.94. The van der Waals surface area contributed by atoms with Crippen molar-refractivity contribution in [2.75, 3.05) is 7.11 Å². The number of rotatable bonds is 3. The normalized spacial score (nSPS) is 12.5. The van der Waals surface area contributed by atoms with Crippen LogP contribution in [-0.4, -0.2) is 7.11 Å². The highest BCUT2D eigenvalue weighted by atomic mass is 16.5. The van der Waals surface area contributed by atoms with E-state index in [1.807, 2.05) is 44.2 Å². The summed E-state index contributed by atoms with van der Waals surface area (Å²) in [5, 5.41) is 0. The molecule has 90 valence electrons. The Labute approximate surface area is 101 Å². The van der Waals surface area contributed by atoms with Crippen LogP contribution in [0.2, 0.25) is 0 Å². The van der Waals surface area contributed by atoms with Crippen molar-refractivity contribution in [1.82, 2.24) is 0 Å². The second-order valence-corrected chi connectivity index (χ2v) is 4.15. The van der Waals surface area contributed by atoms with Crippen molar-refractivity contribution >= 4 is 0 Å². The highest BCUT2D eigenvalue weighted by molar-refractivity contribution is 5.39. The lowest BCUT2D eigenvalue weighted by atomic mass is 10.00. The van der Waals surface area contributed by atoms with Gasteiger partial charge in [-0.1, -0.05) is 6.07 Å². The van der Waals surface area contributed by atoms with E-state index in [0.717, 1.165) is 28.4 Å². The van der Waals surface area contributed by atoms with Crippen LogP contribution in [0.5, 0.6) is 5.75 Å². The van der Waals surface area contributed by atoms with Gasteiger partial charge in [-0.2, -0.15) is 0 Å². The quantitative estimate of drug-likeness (QED) is 0.883. The van der Waals surface area contributed by atoms with Crippen LogP contribution in [0.25, 0.3) is 0 Å². The summed E-state index contributed by atoms with van der Waals surface area (Å²) >= 11 is 0. The molecule has 0 aliphatic heterocycles. The van der Waals surface area contributed by atoms with Gasteiger partial charge in [0.15, 0.2) is 0 Å². The molecule has 2 N–H and O–H groups in total. The van der Waals surface area contributed by atoms with Crippen molar-refractivity contribution in [3.05, 3.63) is 53.0 Å². The highest BCUT2D eigenvalue weighted by Gasteiger charge is 2.15. The molecule has 0 fully saturated rings. The molecule has 1 heterocycles. The van der Waals surface area contributed by atoms with Crippen LogP contribution in [0, 0.1) is 13.8 Å². The molecule has 1 atom stereocenters. The summed E-state index contributed by atoms with van der Waals surface area (Å²) in [6.07, 6.45) is 0. The number of furan rings is 1. The van der Waals surface area contributed by atoms with Crippen LogP contribution in [0.3, 0.4) is 0 Å². The van der Waals surface area contributed by atoms with Crippen molar-refractivity contribution in [2.45, 2.75) is 19.9 Å². The molecule has 0 spiro atoms. The van der Waals surface area contributed by atoms with E-state index in [9.17, 15) is 0 Å². The van der Waals surface area contributed by atoms with Gasteiger partial charge in [0.2, 0.25) is 0 Å². The zero-order valence-electron chi connectivity index (χ0n) is 10.4. The Bertz CT molecular complexity index is 517. The van der Waals surface area contributed by atoms with Gasteiger partial charge >= 0.3 is 0 Å². The maximum Gasteiger partial charge on any atom is 0.125 e. The summed E-state index contributed by atoms with van der Waals surface area (Å²) in [7, 11) is 1.66. The molecule has 2 aromatic rings. The number of benzene rings is 1. The summed E-state index contributed by atoms with van der Waals surface area (Å²) in [6, 6.07) is 9.49. The van der Waals surface area contributed by atoms with Crippen LogP contribution in [0.1, 0.15) is 28.7 Å². The van der Waals surface area contributed by atoms with E-state index in [1.54, 1.807) is 7.11 Å². The van der Waals surface area contributed by atoms with Gasteiger partial charge in [-0.3, -0.25) is 0 Å². The molecular weight excluding hydrogens is 214 g/mol. The lowest BCUT2D eigenvalue weighted by Gasteiger charge is -2.13. The molecule has 0 aliphatic carbocycles. The van der Waals surface area contributed by atoms with Crippen LogP contribution >= 0.6 is 0 Å². The molecule has 0 aliphatic rings. The van der Waals surface area contributed by atoms with Crippen molar-refractivity contribution in [2.24, 2.45) is 5.73 Å². The highest BCUT2D eigenvalue weighted by Crippen LogP contribution is 2.26. The number of hydrogen-bond donors (Lipinski definition) is 1. The largest absolute Gasteiger partial charge is 0.497 e.